The second kappa shape index (κ2) is 63.2. The van der Waals surface area contributed by atoms with Crippen molar-refractivity contribution in [1.82, 2.24) is 0 Å². The molecular formula is C68H126O6. The number of unbranched alkanes of at least 4 members (excludes halogenated alkanes) is 44. The molecule has 0 aromatic rings. The summed E-state index contributed by atoms with van der Waals surface area (Å²) in [5, 5.41) is 0. The highest BCUT2D eigenvalue weighted by molar-refractivity contribution is 5.71. The van der Waals surface area contributed by atoms with Crippen LogP contribution in [-0.2, 0) is 28.6 Å². The Morgan fingerprint density at radius 2 is 0.486 bits per heavy atom. The standard InChI is InChI=1S/C68H126O6/c1-4-7-10-13-16-19-22-25-28-31-32-33-34-35-38-40-43-46-49-52-55-58-61-67(70)73-64-65(74-68(71)62-59-56-53-50-47-44-41-37-30-27-24-21-18-15-12-9-6-3)63-72-66(69)60-57-54-51-48-45-42-39-36-29-26-23-20-17-14-11-8-5-2/h18,21,26-27,29-30,65H,4-17,19-20,22-25,28,31-64H2,1-3H3/b21-18-,29-26-,30-27-. The zero-order chi connectivity index (χ0) is 53.6. The maximum absolute atomic E-state index is 12.9. The monoisotopic (exact) mass is 1040 g/mol. The molecule has 0 aliphatic rings. The molecule has 0 bridgehead atoms. The topological polar surface area (TPSA) is 78.9 Å². The van der Waals surface area contributed by atoms with Crippen LogP contribution in [0.25, 0.3) is 0 Å². The average Bonchev–Trinajstić information content (AvgIpc) is 3.40. The summed E-state index contributed by atoms with van der Waals surface area (Å²) in [4.78, 5) is 38.4. The Labute approximate surface area is 461 Å². The third-order valence-electron chi connectivity index (χ3n) is 14.9. The minimum atomic E-state index is -0.777. The Balaban J connectivity index is 4.31. The Kier molecular flexibility index (Phi) is 61.1. The van der Waals surface area contributed by atoms with Crippen LogP contribution in [0.3, 0.4) is 0 Å². The van der Waals surface area contributed by atoms with Gasteiger partial charge in [-0.2, -0.15) is 0 Å². The van der Waals surface area contributed by atoms with E-state index in [2.05, 4.69) is 57.2 Å². The van der Waals surface area contributed by atoms with E-state index >= 15 is 0 Å². The summed E-state index contributed by atoms with van der Waals surface area (Å²) in [6.45, 7) is 6.67. The molecule has 0 N–H and O–H groups in total. The maximum Gasteiger partial charge on any atom is 0.306 e. The molecule has 0 aromatic carbocycles. The predicted octanol–water partition coefficient (Wildman–Crippen LogP) is 22.4. The summed E-state index contributed by atoms with van der Waals surface area (Å²) >= 11 is 0. The molecule has 6 heteroatoms. The molecular weight excluding hydrogens is 913 g/mol. The molecule has 0 saturated carbocycles. The lowest BCUT2D eigenvalue weighted by atomic mass is 10.0. The van der Waals surface area contributed by atoms with E-state index in [-0.39, 0.29) is 31.1 Å². The molecule has 0 heterocycles. The van der Waals surface area contributed by atoms with Crippen LogP contribution in [0.1, 0.15) is 361 Å². The zero-order valence-electron chi connectivity index (χ0n) is 49.9. The molecule has 0 aliphatic heterocycles. The summed E-state index contributed by atoms with van der Waals surface area (Å²) in [6.07, 6.45) is 77.2. The fourth-order valence-corrected chi connectivity index (χ4v) is 9.88. The third-order valence-corrected chi connectivity index (χ3v) is 14.9. The molecule has 1 unspecified atom stereocenters. The van der Waals surface area contributed by atoms with Crippen molar-refractivity contribution < 1.29 is 28.6 Å². The lowest BCUT2D eigenvalue weighted by Gasteiger charge is -2.18. The van der Waals surface area contributed by atoms with Gasteiger partial charge in [0.25, 0.3) is 0 Å². The fraction of sp³-hybridized carbons (Fsp3) is 0.868. The average molecular weight is 1040 g/mol. The van der Waals surface area contributed by atoms with E-state index in [0.29, 0.717) is 19.3 Å². The SMILES string of the molecule is CCCCC/C=C\C/C=C\CCCCCCCCCC(=O)OC(COC(=O)CCCCCCCCC/C=C\CCCCCCCC)COC(=O)CCCCCCCCCCCCCCCCCCCCCCCC. The largest absolute Gasteiger partial charge is 0.462 e. The van der Waals surface area contributed by atoms with Crippen LogP contribution in [-0.4, -0.2) is 37.2 Å². The van der Waals surface area contributed by atoms with Crippen LogP contribution in [0.2, 0.25) is 0 Å². The fourth-order valence-electron chi connectivity index (χ4n) is 9.88. The van der Waals surface area contributed by atoms with Crippen molar-refractivity contribution in [1.29, 1.82) is 0 Å². The van der Waals surface area contributed by atoms with Crippen molar-refractivity contribution in [2.45, 2.75) is 367 Å². The summed E-state index contributed by atoms with van der Waals surface area (Å²) in [6, 6.07) is 0. The third kappa shape index (κ3) is 60.5. The van der Waals surface area contributed by atoms with E-state index in [1.54, 1.807) is 0 Å². The maximum atomic E-state index is 12.9. The Bertz CT molecular complexity index is 1240. The second-order valence-electron chi connectivity index (χ2n) is 22.4. The molecule has 1 atom stereocenters. The van der Waals surface area contributed by atoms with E-state index in [0.717, 1.165) is 70.6 Å². The summed E-state index contributed by atoms with van der Waals surface area (Å²) in [5.41, 5.74) is 0. The molecule has 0 radical (unpaired) electrons. The first-order valence-corrected chi connectivity index (χ1v) is 33.0. The number of hydrogen-bond acceptors (Lipinski definition) is 6. The summed E-state index contributed by atoms with van der Waals surface area (Å²) < 4.78 is 17.0. The van der Waals surface area contributed by atoms with Crippen molar-refractivity contribution in [2.75, 3.05) is 13.2 Å². The summed E-state index contributed by atoms with van der Waals surface area (Å²) in [5.74, 6) is -0.860. The highest BCUT2D eigenvalue weighted by Crippen LogP contribution is 2.18. The quantitative estimate of drug-likeness (QED) is 0.0261. The first kappa shape index (κ1) is 71.6. The minimum absolute atomic E-state index is 0.0724. The van der Waals surface area contributed by atoms with Crippen molar-refractivity contribution in [2.24, 2.45) is 0 Å². The summed E-state index contributed by atoms with van der Waals surface area (Å²) in [7, 11) is 0. The molecule has 0 fully saturated rings. The van der Waals surface area contributed by atoms with Gasteiger partial charge in [0.05, 0.1) is 0 Å². The van der Waals surface area contributed by atoms with Gasteiger partial charge < -0.3 is 14.2 Å². The molecule has 434 valence electrons. The van der Waals surface area contributed by atoms with E-state index in [1.807, 2.05) is 0 Å². The molecule has 0 saturated heterocycles. The van der Waals surface area contributed by atoms with Crippen LogP contribution >= 0.6 is 0 Å². The van der Waals surface area contributed by atoms with Gasteiger partial charge in [0.15, 0.2) is 6.10 Å². The number of carbonyl (C=O) groups excluding carboxylic acids is 3. The van der Waals surface area contributed by atoms with Crippen LogP contribution in [0, 0.1) is 0 Å². The van der Waals surface area contributed by atoms with Crippen LogP contribution in [0.15, 0.2) is 36.5 Å². The Morgan fingerprint density at radius 1 is 0.270 bits per heavy atom. The van der Waals surface area contributed by atoms with Crippen LogP contribution in [0.4, 0.5) is 0 Å². The molecule has 0 spiro atoms. The van der Waals surface area contributed by atoms with E-state index in [4.69, 9.17) is 14.2 Å². The highest BCUT2D eigenvalue weighted by atomic mass is 16.6. The van der Waals surface area contributed by atoms with E-state index in [9.17, 15) is 14.4 Å². The van der Waals surface area contributed by atoms with Crippen LogP contribution in [0.5, 0.6) is 0 Å². The van der Waals surface area contributed by atoms with Gasteiger partial charge in [-0.1, -0.05) is 301 Å². The van der Waals surface area contributed by atoms with Gasteiger partial charge in [-0.05, 0) is 77.0 Å². The zero-order valence-corrected chi connectivity index (χ0v) is 49.9. The van der Waals surface area contributed by atoms with Gasteiger partial charge in [-0.15, -0.1) is 0 Å². The molecule has 0 aromatic heterocycles. The van der Waals surface area contributed by atoms with Gasteiger partial charge >= 0.3 is 17.9 Å². The van der Waals surface area contributed by atoms with Gasteiger partial charge in [-0.3, -0.25) is 14.4 Å². The smallest absolute Gasteiger partial charge is 0.306 e. The highest BCUT2D eigenvalue weighted by Gasteiger charge is 2.19. The number of allylic oxidation sites excluding steroid dienone is 6. The number of esters is 3. The minimum Gasteiger partial charge on any atom is -0.462 e. The van der Waals surface area contributed by atoms with Crippen LogP contribution < -0.4 is 0 Å². The van der Waals surface area contributed by atoms with Gasteiger partial charge in [0.1, 0.15) is 13.2 Å². The Hall–Kier alpha value is -2.37. The number of hydrogen-bond donors (Lipinski definition) is 0. The molecule has 0 amide bonds. The van der Waals surface area contributed by atoms with Gasteiger partial charge in [-0.25, -0.2) is 0 Å². The normalized spacial score (nSPS) is 12.2. The molecule has 0 rings (SSSR count). The second-order valence-corrected chi connectivity index (χ2v) is 22.4. The number of carbonyl (C=O) groups is 3. The molecule has 0 aliphatic carbocycles. The first-order valence-electron chi connectivity index (χ1n) is 33.0. The first-order chi connectivity index (χ1) is 36.5. The van der Waals surface area contributed by atoms with Gasteiger partial charge in [0, 0.05) is 19.3 Å². The molecule has 74 heavy (non-hydrogen) atoms. The van der Waals surface area contributed by atoms with Crippen molar-refractivity contribution in [3.63, 3.8) is 0 Å². The lowest BCUT2D eigenvalue weighted by Crippen LogP contribution is -2.30. The predicted molar refractivity (Wildman–Crippen MR) is 321 cm³/mol. The number of rotatable bonds is 61. The Morgan fingerprint density at radius 3 is 0.784 bits per heavy atom. The van der Waals surface area contributed by atoms with Crippen molar-refractivity contribution >= 4 is 17.9 Å². The van der Waals surface area contributed by atoms with Gasteiger partial charge in [0.2, 0.25) is 0 Å². The van der Waals surface area contributed by atoms with Crippen molar-refractivity contribution in [3.05, 3.63) is 36.5 Å². The number of ether oxygens (including phenoxy) is 3. The lowest BCUT2D eigenvalue weighted by molar-refractivity contribution is -0.167. The van der Waals surface area contributed by atoms with Crippen molar-refractivity contribution in [3.8, 4) is 0 Å². The van der Waals surface area contributed by atoms with E-state index in [1.165, 1.54) is 250 Å². The van der Waals surface area contributed by atoms with E-state index < -0.39 is 6.10 Å². The molecule has 6 nitrogen and oxygen atoms in total.